The fourth-order valence-corrected chi connectivity index (χ4v) is 11.1. The number of amides is 1. The minimum atomic E-state index is -0.411. The molecule has 0 radical (unpaired) electrons. The number of aliphatic hydroxyl groups is 3. The Morgan fingerprint density at radius 2 is 1.92 bits per heavy atom. The maximum atomic E-state index is 13.6. The lowest BCUT2D eigenvalue weighted by atomic mass is 9.43. The first-order valence-corrected chi connectivity index (χ1v) is 15.8. The van der Waals surface area contributed by atoms with Crippen LogP contribution in [0.4, 0.5) is 10.1 Å². The highest BCUT2D eigenvalue weighted by atomic mass is 32.2. The van der Waals surface area contributed by atoms with Gasteiger partial charge in [0, 0.05) is 11.3 Å². The molecule has 4 fully saturated rings. The topological polar surface area (TPSA) is 81.0 Å². The minimum absolute atomic E-state index is 0.0779. The molecule has 4 saturated carbocycles. The van der Waals surface area contributed by atoms with Crippen molar-refractivity contribution in [2.24, 2.45) is 46.3 Å². The Kier molecular flexibility index (Phi) is 6.93. The number of carbonyl (C=O) groups excluding carboxylic acids is 1. The standard InChI is InChI=1S/C31H44FNO4S/c1-17(4-9-28(37)33-16-38-26-14-19(32)5-8-24(26)33)21-6-7-22-29-23(15-27(36)31(21,22)3)30(2)11-10-20(34)12-18(30)13-25(29)35/h5,8,14,17-18,20-23,25,27,29,34-36H,4,6-7,9-13,15-16H2,1-3H3/t17-,18+,20-,21-,22+,23+,25-,27+,29+,30+,31-/m1/s1. The molecule has 0 bridgehead atoms. The largest absolute Gasteiger partial charge is 0.393 e. The molecule has 0 aromatic heterocycles. The summed E-state index contributed by atoms with van der Waals surface area (Å²) < 4.78 is 13.6. The van der Waals surface area contributed by atoms with Crippen molar-refractivity contribution >= 4 is 23.4 Å². The van der Waals surface area contributed by atoms with Crippen LogP contribution in [0.2, 0.25) is 0 Å². The van der Waals surface area contributed by atoms with Crippen LogP contribution in [0.3, 0.4) is 0 Å². The molecule has 6 rings (SSSR count). The van der Waals surface area contributed by atoms with E-state index in [1.54, 1.807) is 11.0 Å². The number of hydrogen-bond donors (Lipinski definition) is 3. The van der Waals surface area contributed by atoms with Crippen molar-refractivity contribution in [1.82, 2.24) is 0 Å². The highest BCUT2D eigenvalue weighted by Crippen LogP contribution is 2.68. The van der Waals surface area contributed by atoms with Gasteiger partial charge in [-0.1, -0.05) is 20.8 Å². The Bertz CT molecular complexity index is 1090. The average Bonchev–Trinajstić information content (AvgIpc) is 3.45. The number of carbonyl (C=O) groups is 1. The van der Waals surface area contributed by atoms with Crippen LogP contribution in [-0.4, -0.2) is 45.4 Å². The Balaban J connectivity index is 1.16. The lowest BCUT2D eigenvalue weighted by Gasteiger charge is -2.63. The van der Waals surface area contributed by atoms with Gasteiger partial charge in [0.25, 0.3) is 0 Å². The molecule has 0 spiro atoms. The summed E-state index contributed by atoms with van der Waals surface area (Å²) in [5, 5.41) is 33.6. The van der Waals surface area contributed by atoms with Crippen LogP contribution < -0.4 is 4.90 Å². The summed E-state index contributed by atoms with van der Waals surface area (Å²) in [6.45, 7) is 6.87. The molecular weight excluding hydrogens is 501 g/mol. The molecule has 3 N–H and O–H groups in total. The van der Waals surface area contributed by atoms with E-state index in [4.69, 9.17) is 0 Å². The molecule has 11 atom stereocenters. The molecule has 1 amide bonds. The number of rotatable bonds is 4. The van der Waals surface area contributed by atoms with Crippen molar-refractivity contribution in [3.05, 3.63) is 24.0 Å². The number of thioether (sulfide) groups is 1. The van der Waals surface area contributed by atoms with Crippen LogP contribution >= 0.6 is 11.8 Å². The third-order valence-corrected chi connectivity index (χ3v) is 13.2. The molecular formula is C31H44FNO4S. The molecule has 5 aliphatic rings. The van der Waals surface area contributed by atoms with Crippen molar-refractivity contribution in [2.75, 3.05) is 10.8 Å². The van der Waals surface area contributed by atoms with E-state index in [1.165, 1.54) is 23.9 Å². The zero-order chi connectivity index (χ0) is 27.0. The van der Waals surface area contributed by atoms with E-state index in [0.29, 0.717) is 30.1 Å². The third kappa shape index (κ3) is 4.09. The number of anilines is 1. The smallest absolute Gasteiger partial charge is 0.227 e. The van der Waals surface area contributed by atoms with Gasteiger partial charge in [0.2, 0.25) is 5.91 Å². The lowest BCUT2D eigenvalue weighted by Crippen LogP contribution is -2.62. The van der Waals surface area contributed by atoms with E-state index in [0.717, 1.165) is 61.9 Å². The van der Waals surface area contributed by atoms with E-state index in [9.17, 15) is 24.5 Å². The molecule has 0 unspecified atom stereocenters. The predicted molar refractivity (Wildman–Crippen MR) is 147 cm³/mol. The molecule has 1 aromatic rings. The van der Waals surface area contributed by atoms with Crippen molar-refractivity contribution in [3.63, 3.8) is 0 Å². The van der Waals surface area contributed by atoms with Crippen LogP contribution in [0.25, 0.3) is 0 Å². The second-order valence-corrected chi connectivity index (χ2v) is 14.7. The summed E-state index contributed by atoms with van der Waals surface area (Å²) in [5.74, 6) is 2.06. The van der Waals surface area contributed by atoms with Gasteiger partial charge < -0.3 is 20.2 Å². The number of halogens is 1. The van der Waals surface area contributed by atoms with E-state index >= 15 is 0 Å². The zero-order valence-electron chi connectivity index (χ0n) is 23.0. The van der Waals surface area contributed by atoms with Gasteiger partial charge in [-0.05, 0) is 116 Å². The fourth-order valence-electron chi connectivity index (χ4n) is 10.1. The first-order chi connectivity index (χ1) is 18.0. The number of nitrogens with zero attached hydrogens (tertiary/aromatic N) is 1. The van der Waals surface area contributed by atoms with E-state index in [1.807, 2.05) is 0 Å². The van der Waals surface area contributed by atoms with Gasteiger partial charge >= 0.3 is 0 Å². The average molecular weight is 546 g/mol. The van der Waals surface area contributed by atoms with Gasteiger partial charge in [0.15, 0.2) is 0 Å². The Hall–Kier alpha value is -1.15. The van der Waals surface area contributed by atoms with E-state index in [2.05, 4.69) is 20.8 Å². The van der Waals surface area contributed by atoms with Gasteiger partial charge in [-0.2, -0.15) is 0 Å². The first-order valence-electron chi connectivity index (χ1n) is 14.8. The Labute approximate surface area is 230 Å². The summed E-state index contributed by atoms with van der Waals surface area (Å²) in [4.78, 5) is 15.8. The van der Waals surface area contributed by atoms with Gasteiger partial charge in [0.1, 0.15) is 5.82 Å². The molecule has 1 aromatic carbocycles. The summed E-state index contributed by atoms with van der Waals surface area (Å²) >= 11 is 1.51. The van der Waals surface area contributed by atoms with Gasteiger partial charge in [-0.3, -0.25) is 4.79 Å². The number of aliphatic hydroxyl groups excluding tert-OH is 3. The van der Waals surface area contributed by atoms with Crippen molar-refractivity contribution in [1.29, 1.82) is 0 Å². The summed E-state index contributed by atoms with van der Waals surface area (Å²) in [6.07, 6.45) is 6.32. The highest BCUT2D eigenvalue weighted by molar-refractivity contribution is 8.00. The molecule has 4 aliphatic carbocycles. The second-order valence-electron chi connectivity index (χ2n) is 13.7. The molecule has 1 heterocycles. The molecule has 1 aliphatic heterocycles. The third-order valence-electron chi connectivity index (χ3n) is 12.2. The van der Waals surface area contributed by atoms with Gasteiger partial charge in [-0.25, -0.2) is 4.39 Å². The summed E-state index contributed by atoms with van der Waals surface area (Å²) in [6, 6.07) is 4.63. The molecule has 5 nitrogen and oxygen atoms in total. The molecule has 7 heteroatoms. The van der Waals surface area contributed by atoms with Crippen molar-refractivity contribution < 1.29 is 24.5 Å². The normalized spacial score (nSPS) is 44.7. The molecule has 38 heavy (non-hydrogen) atoms. The molecule has 0 saturated heterocycles. The van der Waals surface area contributed by atoms with Crippen molar-refractivity contribution in [2.45, 2.75) is 102 Å². The maximum Gasteiger partial charge on any atom is 0.227 e. The van der Waals surface area contributed by atoms with Crippen LogP contribution in [-0.2, 0) is 4.79 Å². The highest BCUT2D eigenvalue weighted by Gasteiger charge is 2.65. The van der Waals surface area contributed by atoms with Crippen LogP contribution in [0.15, 0.2) is 23.1 Å². The molecule has 210 valence electrons. The monoisotopic (exact) mass is 545 g/mol. The fraction of sp³-hybridized carbons (Fsp3) is 0.774. The Morgan fingerprint density at radius 3 is 2.71 bits per heavy atom. The number of hydrogen-bond acceptors (Lipinski definition) is 5. The summed E-state index contributed by atoms with van der Waals surface area (Å²) in [5.41, 5.74) is 0.633. The number of fused-ring (bicyclic) bond motifs is 6. The van der Waals surface area contributed by atoms with Gasteiger partial charge in [-0.15, -0.1) is 11.8 Å². The Morgan fingerprint density at radius 1 is 1.13 bits per heavy atom. The van der Waals surface area contributed by atoms with E-state index in [-0.39, 0.29) is 52.5 Å². The maximum absolute atomic E-state index is 13.6. The minimum Gasteiger partial charge on any atom is -0.393 e. The zero-order valence-corrected chi connectivity index (χ0v) is 23.8. The van der Waals surface area contributed by atoms with Crippen LogP contribution in [0.1, 0.15) is 78.6 Å². The second kappa shape index (κ2) is 9.74. The van der Waals surface area contributed by atoms with Crippen LogP contribution in [0.5, 0.6) is 0 Å². The van der Waals surface area contributed by atoms with E-state index < -0.39 is 6.10 Å². The number of benzene rings is 1. The lowest BCUT2D eigenvalue weighted by molar-refractivity contribution is -0.207. The predicted octanol–water partition coefficient (Wildman–Crippen LogP) is 5.60. The quantitative estimate of drug-likeness (QED) is 0.459. The van der Waals surface area contributed by atoms with Crippen LogP contribution in [0, 0.1) is 52.2 Å². The van der Waals surface area contributed by atoms with Gasteiger partial charge in [0.05, 0.1) is 29.9 Å². The summed E-state index contributed by atoms with van der Waals surface area (Å²) in [7, 11) is 0. The SMILES string of the molecule is C[C@H](CCC(=O)N1CSc2cc(F)ccc21)[C@H]1CC[C@H]2[C@@H]3[C@H](O)C[C@@H]4C[C@H](O)CC[C@]4(C)[C@H]3C[C@H](O)[C@]12C. The first kappa shape index (κ1) is 27.0. The van der Waals surface area contributed by atoms with Crippen molar-refractivity contribution in [3.8, 4) is 0 Å².